The smallest absolute Gasteiger partial charge is 0.0371 e. The highest BCUT2D eigenvalue weighted by molar-refractivity contribution is 5.58. The molecule has 0 atom stereocenters. The number of likely N-dealkylation sites (N-methyl/N-ethyl adjacent to an activating group) is 1. The third-order valence-electron chi connectivity index (χ3n) is 3.38. The molecule has 1 aliphatic heterocycles. The molecule has 8 N–H and O–H groups in total. The molecule has 0 saturated carbocycles. The van der Waals surface area contributed by atoms with Gasteiger partial charge in [0, 0.05) is 37.6 Å². The normalized spacial score (nSPS) is 15.8. The molecule has 1 saturated heterocycles. The van der Waals surface area contributed by atoms with E-state index in [-0.39, 0.29) is 12.3 Å². The van der Waals surface area contributed by atoms with Crippen LogP contribution in [-0.2, 0) is 6.42 Å². The average molecular weight is 253 g/mol. The first kappa shape index (κ1) is 16.7. The van der Waals surface area contributed by atoms with E-state index in [0.29, 0.717) is 0 Å². The number of aryl methyl sites for hydroxylation is 1. The Morgan fingerprint density at radius 2 is 1.72 bits per heavy atom. The van der Waals surface area contributed by atoms with Crippen LogP contribution >= 0.6 is 0 Å². The minimum atomic E-state index is 0. The van der Waals surface area contributed by atoms with Crippen molar-refractivity contribution in [1.29, 1.82) is 0 Å². The molecule has 104 valence electrons. The SMILES string of the molecule is CCc1cc(N2CCN(C)CC2)ccc1N.N.N. The van der Waals surface area contributed by atoms with Crippen molar-refractivity contribution in [2.45, 2.75) is 13.3 Å². The van der Waals surface area contributed by atoms with Gasteiger partial charge >= 0.3 is 0 Å². The molecule has 0 radical (unpaired) electrons. The predicted octanol–water partition coefficient (Wildman–Crippen LogP) is 1.91. The van der Waals surface area contributed by atoms with Gasteiger partial charge in [0.15, 0.2) is 0 Å². The Hall–Kier alpha value is -1.30. The molecule has 1 aromatic carbocycles. The molecule has 2 rings (SSSR count). The van der Waals surface area contributed by atoms with Crippen molar-refractivity contribution in [3.63, 3.8) is 0 Å². The molecule has 0 spiro atoms. The van der Waals surface area contributed by atoms with Gasteiger partial charge in [0.2, 0.25) is 0 Å². The van der Waals surface area contributed by atoms with Crippen LogP contribution in [0.3, 0.4) is 0 Å². The van der Waals surface area contributed by atoms with Gasteiger partial charge in [0.1, 0.15) is 0 Å². The quantitative estimate of drug-likeness (QED) is 0.699. The monoisotopic (exact) mass is 253 g/mol. The molecule has 0 amide bonds. The number of hydrogen-bond donors (Lipinski definition) is 3. The maximum absolute atomic E-state index is 5.92. The van der Waals surface area contributed by atoms with Crippen molar-refractivity contribution in [3.8, 4) is 0 Å². The summed E-state index contributed by atoms with van der Waals surface area (Å²) in [5, 5.41) is 0. The lowest BCUT2D eigenvalue weighted by Crippen LogP contribution is -2.44. The Bertz CT molecular complexity index is 358. The van der Waals surface area contributed by atoms with Crippen LogP contribution in [0.25, 0.3) is 0 Å². The Labute approximate surface area is 110 Å². The van der Waals surface area contributed by atoms with Crippen LogP contribution in [0, 0.1) is 0 Å². The molecule has 1 aliphatic rings. The largest absolute Gasteiger partial charge is 0.399 e. The maximum atomic E-state index is 5.92. The van der Waals surface area contributed by atoms with Crippen LogP contribution in [0.15, 0.2) is 18.2 Å². The maximum Gasteiger partial charge on any atom is 0.0371 e. The summed E-state index contributed by atoms with van der Waals surface area (Å²) in [6, 6.07) is 6.41. The first-order valence-corrected chi connectivity index (χ1v) is 6.02. The summed E-state index contributed by atoms with van der Waals surface area (Å²) in [5.41, 5.74) is 9.42. The molecule has 0 aromatic heterocycles. The van der Waals surface area contributed by atoms with Gasteiger partial charge in [-0.15, -0.1) is 0 Å². The number of anilines is 2. The van der Waals surface area contributed by atoms with E-state index in [1.54, 1.807) is 0 Å². The number of rotatable bonds is 2. The van der Waals surface area contributed by atoms with E-state index in [0.717, 1.165) is 38.3 Å². The van der Waals surface area contributed by atoms with Crippen LogP contribution in [-0.4, -0.2) is 38.1 Å². The van der Waals surface area contributed by atoms with E-state index in [1.165, 1.54) is 11.3 Å². The molecular weight excluding hydrogens is 226 g/mol. The summed E-state index contributed by atoms with van der Waals surface area (Å²) < 4.78 is 0. The lowest BCUT2D eigenvalue weighted by atomic mass is 10.1. The van der Waals surface area contributed by atoms with Crippen molar-refractivity contribution in [2.75, 3.05) is 43.9 Å². The third-order valence-corrected chi connectivity index (χ3v) is 3.38. The Kier molecular flexibility index (Phi) is 6.68. The van der Waals surface area contributed by atoms with Gasteiger partial charge in [-0.2, -0.15) is 0 Å². The molecule has 5 heteroatoms. The Morgan fingerprint density at radius 3 is 2.28 bits per heavy atom. The summed E-state index contributed by atoms with van der Waals surface area (Å²) >= 11 is 0. The lowest BCUT2D eigenvalue weighted by Gasteiger charge is -2.34. The van der Waals surface area contributed by atoms with E-state index < -0.39 is 0 Å². The fourth-order valence-corrected chi connectivity index (χ4v) is 2.16. The lowest BCUT2D eigenvalue weighted by molar-refractivity contribution is 0.313. The minimum Gasteiger partial charge on any atom is -0.399 e. The molecule has 1 heterocycles. The molecule has 1 aromatic rings. The summed E-state index contributed by atoms with van der Waals surface area (Å²) in [6.45, 7) is 6.67. The second-order valence-corrected chi connectivity index (χ2v) is 4.53. The molecule has 0 unspecified atom stereocenters. The van der Waals surface area contributed by atoms with E-state index >= 15 is 0 Å². The second kappa shape index (κ2) is 7.20. The molecule has 0 bridgehead atoms. The molecule has 1 fully saturated rings. The Morgan fingerprint density at radius 1 is 1.11 bits per heavy atom. The summed E-state index contributed by atoms with van der Waals surface area (Å²) in [5.74, 6) is 0. The van der Waals surface area contributed by atoms with Crippen molar-refractivity contribution in [2.24, 2.45) is 0 Å². The van der Waals surface area contributed by atoms with Crippen LogP contribution in [0.2, 0.25) is 0 Å². The van der Waals surface area contributed by atoms with E-state index in [1.807, 2.05) is 6.07 Å². The zero-order valence-corrected chi connectivity index (χ0v) is 11.7. The van der Waals surface area contributed by atoms with Crippen LogP contribution < -0.4 is 22.9 Å². The summed E-state index contributed by atoms with van der Waals surface area (Å²) in [7, 11) is 2.18. The summed E-state index contributed by atoms with van der Waals surface area (Å²) in [6.07, 6.45) is 1.01. The standard InChI is InChI=1S/C13H21N3.2H3N/c1-3-11-10-12(4-5-13(11)14)16-8-6-15(2)7-9-16;;/h4-5,10H,3,6-9,14H2,1-2H3;2*1H3. The fourth-order valence-electron chi connectivity index (χ4n) is 2.16. The number of nitrogen functional groups attached to an aromatic ring is 1. The average Bonchev–Trinajstić information content (AvgIpc) is 2.31. The first-order chi connectivity index (χ1) is 7.70. The van der Waals surface area contributed by atoms with Gasteiger partial charge in [-0.3, -0.25) is 0 Å². The number of nitrogens with two attached hydrogens (primary N) is 1. The topological polar surface area (TPSA) is 102 Å². The van der Waals surface area contributed by atoms with E-state index in [4.69, 9.17) is 5.73 Å². The fraction of sp³-hybridized carbons (Fsp3) is 0.538. The number of hydrogen-bond acceptors (Lipinski definition) is 5. The van der Waals surface area contributed by atoms with E-state index in [2.05, 4.69) is 35.9 Å². The third kappa shape index (κ3) is 3.60. The van der Waals surface area contributed by atoms with Gasteiger partial charge in [-0.05, 0) is 37.2 Å². The highest BCUT2D eigenvalue weighted by Gasteiger charge is 2.14. The van der Waals surface area contributed by atoms with Crippen molar-refractivity contribution in [3.05, 3.63) is 23.8 Å². The van der Waals surface area contributed by atoms with Crippen molar-refractivity contribution < 1.29 is 0 Å². The Balaban J connectivity index is 0.00000144. The van der Waals surface area contributed by atoms with Crippen LogP contribution in [0.1, 0.15) is 12.5 Å². The van der Waals surface area contributed by atoms with Crippen LogP contribution in [0.4, 0.5) is 11.4 Å². The van der Waals surface area contributed by atoms with Crippen molar-refractivity contribution >= 4 is 11.4 Å². The van der Waals surface area contributed by atoms with Gasteiger partial charge in [-0.25, -0.2) is 0 Å². The number of piperazine rings is 1. The highest BCUT2D eigenvalue weighted by Crippen LogP contribution is 2.22. The zero-order valence-electron chi connectivity index (χ0n) is 11.7. The molecule has 5 nitrogen and oxygen atoms in total. The zero-order chi connectivity index (χ0) is 11.5. The van der Waals surface area contributed by atoms with Gasteiger partial charge in [0.05, 0.1) is 0 Å². The summed E-state index contributed by atoms with van der Waals surface area (Å²) in [4.78, 5) is 4.81. The van der Waals surface area contributed by atoms with Crippen LogP contribution in [0.5, 0.6) is 0 Å². The van der Waals surface area contributed by atoms with Gasteiger partial charge in [0.25, 0.3) is 0 Å². The second-order valence-electron chi connectivity index (χ2n) is 4.53. The number of nitrogens with zero attached hydrogens (tertiary/aromatic N) is 2. The molecular formula is C13H27N5. The number of benzene rings is 1. The minimum absolute atomic E-state index is 0. The predicted molar refractivity (Wildman–Crippen MR) is 80.0 cm³/mol. The molecule has 18 heavy (non-hydrogen) atoms. The van der Waals surface area contributed by atoms with Gasteiger partial charge < -0.3 is 27.8 Å². The highest BCUT2D eigenvalue weighted by atomic mass is 15.2. The molecule has 0 aliphatic carbocycles. The van der Waals surface area contributed by atoms with Crippen molar-refractivity contribution in [1.82, 2.24) is 17.2 Å². The van der Waals surface area contributed by atoms with Gasteiger partial charge in [-0.1, -0.05) is 6.92 Å². The first-order valence-electron chi connectivity index (χ1n) is 6.02. The van der Waals surface area contributed by atoms with E-state index in [9.17, 15) is 0 Å².